The third kappa shape index (κ3) is 3.70. The molecular weight excluding hydrogens is 376 g/mol. The molecule has 6 heteroatoms. The highest BCUT2D eigenvalue weighted by Crippen LogP contribution is 2.28. The molecule has 0 saturated carbocycles. The van der Waals surface area contributed by atoms with Gasteiger partial charge >= 0.3 is 0 Å². The minimum atomic E-state index is 0.0475. The van der Waals surface area contributed by atoms with E-state index in [-0.39, 0.29) is 5.91 Å². The molecule has 0 bridgehead atoms. The zero-order valence-corrected chi connectivity index (χ0v) is 17.5. The number of hydrogen-bond donors (Lipinski definition) is 1. The maximum atomic E-state index is 13.2. The number of amides is 1. The molecule has 1 saturated heterocycles. The smallest absolute Gasteiger partial charge is 0.274 e. The molecule has 1 aromatic heterocycles. The van der Waals surface area contributed by atoms with E-state index in [1.807, 2.05) is 15.7 Å². The van der Waals surface area contributed by atoms with Crippen molar-refractivity contribution in [2.75, 3.05) is 26.3 Å². The highest BCUT2D eigenvalue weighted by molar-refractivity contribution is 5.94. The highest BCUT2D eigenvalue weighted by atomic mass is 16.5. The van der Waals surface area contributed by atoms with Gasteiger partial charge in [-0.2, -0.15) is 5.10 Å². The zero-order chi connectivity index (χ0) is 20.5. The molecule has 2 heterocycles. The van der Waals surface area contributed by atoms with Crippen molar-refractivity contribution in [1.82, 2.24) is 20.0 Å². The Morgan fingerprint density at radius 3 is 2.60 bits per heavy atom. The van der Waals surface area contributed by atoms with E-state index >= 15 is 0 Å². The summed E-state index contributed by atoms with van der Waals surface area (Å²) in [6.07, 6.45) is 6.93. The fraction of sp³-hybridized carbons (Fsp3) is 0.500. The van der Waals surface area contributed by atoms with Gasteiger partial charge in [-0.25, -0.2) is 0 Å². The van der Waals surface area contributed by atoms with Crippen LogP contribution in [0.4, 0.5) is 0 Å². The largest absolute Gasteiger partial charge is 0.378 e. The Morgan fingerprint density at radius 1 is 1.17 bits per heavy atom. The van der Waals surface area contributed by atoms with Gasteiger partial charge < -0.3 is 15.0 Å². The van der Waals surface area contributed by atoms with Crippen LogP contribution in [-0.4, -0.2) is 59.0 Å². The lowest BCUT2D eigenvalue weighted by Gasteiger charge is -2.29. The maximum absolute atomic E-state index is 13.2. The second kappa shape index (κ2) is 8.36. The number of allylic oxidation sites excluding steroid dienone is 1. The summed E-state index contributed by atoms with van der Waals surface area (Å²) >= 11 is 0. The molecule has 158 valence electrons. The first-order valence-electron chi connectivity index (χ1n) is 11.1. The van der Waals surface area contributed by atoms with Gasteiger partial charge in [0.15, 0.2) is 5.69 Å². The summed E-state index contributed by atoms with van der Waals surface area (Å²) in [5, 5.41) is 8.63. The number of ether oxygens (including phenoxy) is 1. The number of carbonyl (C=O) groups excluding carboxylic acids is 1. The van der Waals surface area contributed by atoms with Gasteiger partial charge in [-0.1, -0.05) is 30.3 Å². The third-order valence-electron chi connectivity index (χ3n) is 6.67. The molecule has 0 spiro atoms. The number of benzene rings is 1. The average Bonchev–Trinajstić information content (AvgIpc) is 3.35. The van der Waals surface area contributed by atoms with Gasteiger partial charge in [-0.15, -0.1) is 6.58 Å². The van der Waals surface area contributed by atoms with Crippen molar-refractivity contribution in [2.24, 2.45) is 0 Å². The molecular formula is C24H30N4O2. The van der Waals surface area contributed by atoms with Crippen molar-refractivity contribution in [3.63, 3.8) is 0 Å². The predicted molar refractivity (Wildman–Crippen MR) is 116 cm³/mol. The number of aromatic nitrogens is 2. The number of carbonyl (C=O) groups is 1. The Bertz CT molecular complexity index is 920. The minimum absolute atomic E-state index is 0.0475. The average molecular weight is 407 g/mol. The Kier molecular flexibility index (Phi) is 5.44. The van der Waals surface area contributed by atoms with E-state index in [4.69, 9.17) is 9.84 Å². The van der Waals surface area contributed by atoms with Crippen molar-refractivity contribution < 1.29 is 9.53 Å². The number of morpholine rings is 1. The Hall–Kier alpha value is -2.44. The van der Waals surface area contributed by atoms with Crippen molar-refractivity contribution in [1.29, 1.82) is 0 Å². The van der Waals surface area contributed by atoms with Gasteiger partial charge in [-0.05, 0) is 43.2 Å². The van der Waals surface area contributed by atoms with E-state index in [1.54, 1.807) is 0 Å². The van der Waals surface area contributed by atoms with Crippen LogP contribution >= 0.6 is 0 Å². The fourth-order valence-electron chi connectivity index (χ4n) is 5.20. The molecule has 6 nitrogen and oxygen atoms in total. The Morgan fingerprint density at radius 2 is 1.90 bits per heavy atom. The second-order valence-electron chi connectivity index (χ2n) is 8.63. The first-order valence-corrected chi connectivity index (χ1v) is 11.1. The van der Waals surface area contributed by atoms with Crippen LogP contribution < -0.4 is 5.32 Å². The number of hydrogen-bond acceptors (Lipinski definition) is 4. The molecule has 1 fully saturated rings. The van der Waals surface area contributed by atoms with Crippen LogP contribution in [0.1, 0.15) is 39.3 Å². The topological polar surface area (TPSA) is 59.4 Å². The van der Waals surface area contributed by atoms with Gasteiger partial charge in [0.1, 0.15) is 0 Å². The van der Waals surface area contributed by atoms with Gasteiger partial charge in [0.25, 0.3) is 5.91 Å². The van der Waals surface area contributed by atoms with Crippen molar-refractivity contribution >= 4 is 5.91 Å². The van der Waals surface area contributed by atoms with Crippen molar-refractivity contribution in [2.45, 2.75) is 50.7 Å². The summed E-state index contributed by atoms with van der Waals surface area (Å²) in [7, 11) is 0. The lowest BCUT2D eigenvalue weighted by atomic mass is 9.90. The van der Waals surface area contributed by atoms with Crippen LogP contribution in [0.3, 0.4) is 0 Å². The first kappa shape index (κ1) is 19.5. The summed E-state index contributed by atoms with van der Waals surface area (Å²) in [5.41, 5.74) is 5.91. The van der Waals surface area contributed by atoms with Crippen molar-refractivity contribution in [3.8, 4) is 0 Å². The van der Waals surface area contributed by atoms with Crippen LogP contribution in [0.15, 0.2) is 36.9 Å². The number of rotatable bonds is 5. The number of nitrogens with zero attached hydrogens (tertiary/aromatic N) is 3. The van der Waals surface area contributed by atoms with Gasteiger partial charge in [-0.3, -0.25) is 9.48 Å². The van der Waals surface area contributed by atoms with E-state index in [2.05, 4.69) is 36.2 Å². The van der Waals surface area contributed by atoms with E-state index in [0.29, 0.717) is 50.6 Å². The molecule has 1 unspecified atom stereocenters. The highest BCUT2D eigenvalue weighted by Gasteiger charge is 2.33. The molecule has 1 amide bonds. The molecule has 30 heavy (non-hydrogen) atoms. The number of nitrogens with one attached hydrogen (secondary N) is 1. The molecule has 0 radical (unpaired) electrons. The van der Waals surface area contributed by atoms with Crippen LogP contribution in [0.25, 0.3) is 0 Å². The second-order valence-corrected chi connectivity index (χ2v) is 8.63. The van der Waals surface area contributed by atoms with Crippen LogP contribution in [-0.2, 0) is 37.0 Å². The normalized spacial score (nSPS) is 21.3. The standard InChI is InChI=1S/C24H30N4O2/c1-2-9-28-22-8-7-19(25-20-14-17-5-3-4-6-18(17)15-20)16-21(22)23(26-28)24(29)27-10-12-30-13-11-27/h2-6,19-20,25H,1,7-16H2. The summed E-state index contributed by atoms with van der Waals surface area (Å²) in [6, 6.07) is 9.62. The quantitative estimate of drug-likeness (QED) is 0.773. The van der Waals surface area contributed by atoms with Crippen molar-refractivity contribution in [3.05, 3.63) is 65.0 Å². The molecule has 1 N–H and O–H groups in total. The molecule has 1 aliphatic heterocycles. The van der Waals surface area contributed by atoms with Gasteiger partial charge in [0.05, 0.1) is 19.8 Å². The lowest BCUT2D eigenvalue weighted by molar-refractivity contribution is 0.0297. The van der Waals surface area contributed by atoms with E-state index in [9.17, 15) is 4.79 Å². The monoisotopic (exact) mass is 406 g/mol. The summed E-state index contributed by atoms with van der Waals surface area (Å²) < 4.78 is 7.40. The third-order valence-corrected chi connectivity index (χ3v) is 6.67. The molecule has 2 aromatic rings. The predicted octanol–water partition coefficient (Wildman–Crippen LogP) is 2.16. The maximum Gasteiger partial charge on any atom is 0.274 e. The molecule has 1 atom stereocenters. The molecule has 3 aliphatic rings. The van der Waals surface area contributed by atoms with E-state index in [1.165, 1.54) is 16.8 Å². The molecule has 2 aliphatic carbocycles. The van der Waals surface area contributed by atoms with Crippen LogP contribution in [0, 0.1) is 0 Å². The Balaban J connectivity index is 1.34. The SMILES string of the molecule is C=CCn1nc(C(=O)N2CCOCC2)c2c1CCC(NC1Cc3ccccc3C1)C2. The summed E-state index contributed by atoms with van der Waals surface area (Å²) in [4.78, 5) is 15.1. The summed E-state index contributed by atoms with van der Waals surface area (Å²) in [5.74, 6) is 0.0475. The first-order chi connectivity index (χ1) is 14.7. The fourth-order valence-corrected chi connectivity index (χ4v) is 5.20. The minimum Gasteiger partial charge on any atom is -0.378 e. The lowest BCUT2D eigenvalue weighted by Crippen LogP contribution is -2.43. The molecule has 1 aromatic carbocycles. The zero-order valence-electron chi connectivity index (χ0n) is 17.5. The van der Waals surface area contributed by atoms with Crippen LogP contribution in [0.5, 0.6) is 0 Å². The van der Waals surface area contributed by atoms with Crippen LogP contribution in [0.2, 0.25) is 0 Å². The summed E-state index contributed by atoms with van der Waals surface area (Å²) in [6.45, 7) is 7.01. The van der Waals surface area contributed by atoms with Gasteiger partial charge in [0, 0.05) is 36.4 Å². The Labute approximate surface area is 177 Å². The van der Waals surface area contributed by atoms with E-state index in [0.717, 1.165) is 37.7 Å². The van der Waals surface area contributed by atoms with E-state index < -0.39 is 0 Å². The molecule has 5 rings (SSSR count). The number of fused-ring (bicyclic) bond motifs is 2. The van der Waals surface area contributed by atoms with Gasteiger partial charge in [0.2, 0.25) is 0 Å².